The molecule has 1 heterocycles. The molecule has 0 aliphatic carbocycles. The lowest BCUT2D eigenvalue weighted by Crippen LogP contribution is -2.22. The molecule has 19 heavy (non-hydrogen) atoms. The Morgan fingerprint density at radius 2 is 2.16 bits per heavy atom. The van der Waals surface area contributed by atoms with E-state index in [1.807, 2.05) is 13.0 Å². The van der Waals surface area contributed by atoms with Crippen molar-refractivity contribution in [2.24, 2.45) is 0 Å². The van der Waals surface area contributed by atoms with E-state index in [1.165, 1.54) is 4.68 Å². The third-order valence-corrected chi connectivity index (χ3v) is 3.16. The lowest BCUT2D eigenvalue weighted by atomic mass is 10.3. The molecule has 0 aliphatic rings. The molecule has 1 aromatic heterocycles. The van der Waals surface area contributed by atoms with Gasteiger partial charge in [-0.15, -0.1) is 0 Å². The van der Waals surface area contributed by atoms with E-state index in [4.69, 9.17) is 22.1 Å². The van der Waals surface area contributed by atoms with E-state index >= 15 is 0 Å². The van der Waals surface area contributed by atoms with Gasteiger partial charge in [-0.05, 0) is 25.1 Å². The van der Waals surface area contributed by atoms with E-state index < -0.39 is 0 Å². The Hall–Kier alpha value is -1.72. The van der Waals surface area contributed by atoms with Gasteiger partial charge in [0.1, 0.15) is 5.69 Å². The molecule has 0 aliphatic heterocycles. The molecule has 5 nitrogen and oxygen atoms in total. The van der Waals surface area contributed by atoms with Gasteiger partial charge < -0.3 is 10.5 Å². The standard InChI is InChI=1S/C13H16ClN3O2/c1-3-16-11(8-19-2)12(15)13(18)17(16)10-6-4-5-9(14)7-10/h4-7H,3,8,15H2,1-2H3. The minimum Gasteiger partial charge on any atom is -0.393 e. The van der Waals surface area contributed by atoms with Gasteiger partial charge in [0.05, 0.1) is 18.0 Å². The normalized spacial score (nSPS) is 10.9. The Kier molecular flexibility index (Phi) is 3.97. The summed E-state index contributed by atoms with van der Waals surface area (Å²) in [5.74, 6) is 0. The Balaban J connectivity index is 2.70. The van der Waals surface area contributed by atoms with Gasteiger partial charge in [-0.2, -0.15) is 0 Å². The van der Waals surface area contributed by atoms with Gasteiger partial charge in [-0.1, -0.05) is 17.7 Å². The average Bonchev–Trinajstić information content (AvgIpc) is 2.63. The monoisotopic (exact) mass is 281 g/mol. The van der Waals surface area contributed by atoms with Crippen LogP contribution in [0.2, 0.25) is 5.02 Å². The fourth-order valence-electron chi connectivity index (χ4n) is 2.09. The number of anilines is 1. The Morgan fingerprint density at radius 3 is 2.74 bits per heavy atom. The number of hydrogen-bond donors (Lipinski definition) is 1. The number of benzene rings is 1. The van der Waals surface area contributed by atoms with E-state index in [1.54, 1.807) is 30.0 Å². The Morgan fingerprint density at radius 1 is 1.42 bits per heavy atom. The first kappa shape index (κ1) is 13.7. The molecule has 0 saturated carbocycles. The van der Waals surface area contributed by atoms with Gasteiger partial charge >= 0.3 is 0 Å². The quantitative estimate of drug-likeness (QED) is 0.933. The number of nitrogens with two attached hydrogens (primary N) is 1. The highest BCUT2D eigenvalue weighted by Crippen LogP contribution is 2.17. The lowest BCUT2D eigenvalue weighted by molar-refractivity contribution is 0.176. The molecule has 0 fully saturated rings. The molecule has 0 spiro atoms. The molecule has 2 N–H and O–H groups in total. The second-order valence-corrected chi connectivity index (χ2v) is 4.54. The predicted octanol–water partition coefficient (Wildman–Crippen LogP) is 2.04. The van der Waals surface area contributed by atoms with E-state index in [9.17, 15) is 4.79 Å². The zero-order valence-corrected chi connectivity index (χ0v) is 11.6. The van der Waals surface area contributed by atoms with Crippen molar-refractivity contribution in [2.45, 2.75) is 20.1 Å². The number of nitrogen functional groups attached to an aromatic ring is 1. The highest BCUT2D eigenvalue weighted by molar-refractivity contribution is 6.30. The van der Waals surface area contributed by atoms with Crippen LogP contribution < -0.4 is 11.3 Å². The van der Waals surface area contributed by atoms with Crippen LogP contribution in [-0.4, -0.2) is 16.5 Å². The van der Waals surface area contributed by atoms with Crippen molar-refractivity contribution in [2.75, 3.05) is 12.8 Å². The molecule has 0 unspecified atom stereocenters. The number of aromatic nitrogens is 2. The zero-order valence-electron chi connectivity index (χ0n) is 10.9. The topological polar surface area (TPSA) is 62.2 Å². The maximum absolute atomic E-state index is 12.3. The summed E-state index contributed by atoms with van der Waals surface area (Å²) in [6.07, 6.45) is 0. The molecule has 0 bridgehead atoms. The van der Waals surface area contributed by atoms with Gasteiger partial charge in [0.2, 0.25) is 0 Å². The van der Waals surface area contributed by atoms with Crippen LogP contribution in [0, 0.1) is 0 Å². The highest BCUT2D eigenvalue weighted by Gasteiger charge is 2.17. The van der Waals surface area contributed by atoms with Crippen molar-refractivity contribution < 1.29 is 4.74 Å². The highest BCUT2D eigenvalue weighted by atomic mass is 35.5. The summed E-state index contributed by atoms with van der Waals surface area (Å²) in [7, 11) is 1.57. The summed E-state index contributed by atoms with van der Waals surface area (Å²) in [4.78, 5) is 12.3. The van der Waals surface area contributed by atoms with Crippen LogP contribution in [-0.2, 0) is 17.9 Å². The number of methoxy groups -OCH3 is 1. The largest absolute Gasteiger partial charge is 0.393 e. The molecule has 2 rings (SSSR count). The zero-order chi connectivity index (χ0) is 14.0. The summed E-state index contributed by atoms with van der Waals surface area (Å²) in [5, 5.41) is 0.570. The lowest BCUT2D eigenvalue weighted by Gasteiger charge is -2.12. The first-order valence-corrected chi connectivity index (χ1v) is 6.33. The number of nitrogens with zero attached hydrogens (tertiary/aromatic N) is 2. The second-order valence-electron chi connectivity index (χ2n) is 4.11. The molecule has 0 atom stereocenters. The van der Waals surface area contributed by atoms with Crippen LogP contribution in [0.1, 0.15) is 12.6 Å². The molecule has 2 aromatic rings. The van der Waals surface area contributed by atoms with E-state index in [-0.39, 0.29) is 11.2 Å². The van der Waals surface area contributed by atoms with Gasteiger partial charge in [0.25, 0.3) is 5.56 Å². The Bertz CT molecular complexity index is 646. The van der Waals surface area contributed by atoms with Crippen LogP contribution in [0.3, 0.4) is 0 Å². The van der Waals surface area contributed by atoms with Crippen LogP contribution in [0.15, 0.2) is 29.1 Å². The SMILES string of the molecule is CCn1c(COC)c(N)c(=O)n1-c1cccc(Cl)c1. The van der Waals surface area contributed by atoms with E-state index in [0.29, 0.717) is 29.6 Å². The predicted molar refractivity (Wildman–Crippen MR) is 75.8 cm³/mol. The number of rotatable bonds is 4. The smallest absolute Gasteiger partial charge is 0.294 e. The molecular weight excluding hydrogens is 266 g/mol. The number of hydrogen-bond acceptors (Lipinski definition) is 3. The number of ether oxygens (including phenoxy) is 1. The molecule has 0 saturated heterocycles. The van der Waals surface area contributed by atoms with Crippen molar-refractivity contribution in [1.82, 2.24) is 9.36 Å². The molecular formula is C13H16ClN3O2. The summed E-state index contributed by atoms with van der Waals surface area (Å²) in [5.41, 5.74) is 7.20. The molecule has 6 heteroatoms. The summed E-state index contributed by atoms with van der Waals surface area (Å²) in [6, 6.07) is 7.10. The summed E-state index contributed by atoms with van der Waals surface area (Å²) < 4.78 is 8.42. The fourth-order valence-corrected chi connectivity index (χ4v) is 2.28. The summed E-state index contributed by atoms with van der Waals surface area (Å²) >= 11 is 5.97. The van der Waals surface area contributed by atoms with Crippen LogP contribution in [0.4, 0.5) is 5.69 Å². The fraction of sp³-hybridized carbons (Fsp3) is 0.308. The van der Waals surface area contributed by atoms with Gasteiger partial charge in [0.15, 0.2) is 0 Å². The number of halogens is 1. The molecule has 1 aromatic carbocycles. The van der Waals surface area contributed by atoms with Crippen LogP contribution in [0.25, 0.3) is 5.69 Å². The van der Waals surface area contributed by atoms with Gasteiger partial charge in [-0.3, -0.25) is 9.48 Å². The first-order valence-electron chi connectivity index (χ1n) is 5.95. The molecule has 0 radical (unpaired) electrons. The van der Waals surface area contributed by atoms with E-state index in [0.717, 1.165) is 0 Å². The van der Waals surface area contributed by atoms with Crippen molar-refractivity contribution in [3.05, 3.63) is 45.3 Å². The third kappa shape index (κ3) is 2.39. The summed E-state index contributed by atoms with van der Waals surface area (Å²) in [6.45, 7) is 2.85. The molecule has 0 amide bonds. The van der Waals surface area contributed by atoms with Crippen LogP contribution >= 0.6 is 11.6 Å². The maximum atomic E-state index is 12.3. The first-order chi connectivity index (χ1) is 9.10. The van der Waals surface area contributed by atoms with Gasteiger partial charge in [0, 0.05) is 18.7 Å². The van der Waals surface area contributed by atoms with Crippen molar-refractivity contribution in [1.29, 1.82) is 0 Å². The third-order valence-electron chi connectivity index (χ3n) is 2.92. The van der Waals surface area contributed by atoms with Crippen molar-refractivity contribution >= 4 is 17.3 Å². The van der Waals surface area contributed by atoms with Crippen LogP contribution in [0.5, 0.6) is 0 Å². The average molecular weight is 282 g/mol. The molecule has 102 valence electrons. The second kappa shape index (κ2) is 5.50. The minimum absolute atomic E-state index is 0.212. The minimum atomic E-state index is -0.254. The Labute approximate surface area is 116 Å². The van der Waals surface area contributed by atoms with Crippen molar-refractivity contribution in [3.63, 3.8) is 0 Å². The van der Waals surface area contributed by atoms with Crippen molar-refractivity contribution in [3.8, 4) is 5.69 Å². The maximum Gasteiger partial charge on any atom is 0.294 e. The van der Waals surface area contributed by atoms with Gasteiger partial charge in [-0.25, -0.2) is 4.68 Å². The van der Waals surface area contributed by atoms with E-state index in [2.05, 4.69) is 0 Å².